The number of unbranched alkanes of at least 4 members (excludes halogenated alkanes) is 1. The van der Waals surface area contributed by atoms with Gasteiger partial charge in [0, 0.05) is 18.7 Å². The van der Waals surface area contributed by atoms with Crippen molar-refractivity contribution in [1.82, 2.24) is 9.47 Å². The number of hydrogen-bond donors (Lipinski definition) is 0. The molecule has 3 aromatic rings. The molecule has 0 N–H and O–H groups in total. The maximum absolute atomic E-state index is 14.0. The van der Waals surface area contributed by atoms with Crippen LogP contribution in [0.1, 0.15) is 61.9 Å². The van der Waals surface area contributed by atoms with E-state index in [4.69, 9.17) is 0 Å². The molecule has 33 heavy (non-hydrogen) atoms. The fraction of sp³-hybridized carbons (Fsp3) is 0.357. The quantitative estimate of drug-likeness (QED) is 0.493. The van der Waals surface area contributed by atoms with Gasteiger partial charge in [-0.3, -0.25) is 14.5 Å². The summed E-state index contributed by atoms with van der Waals surface area (Å²) in [4.78, 5) is 30.7. The Bertz CT molecular complexity index is 1160. The topological polar surface area (TPSA) is 45.6 Å². The molecule has 1 aliphatic heterocycles. The molecule has 1 fully saturated rings. The van der Waals surface area contributed by atoms with E-state index in [2.05, 4.69) is 61.0 Å². The molecule has 1 atom stereocenters. The SMILES string of the molecule is CCCCC(=O)N(CC(=O)N1c2ccccc2-n2cccc2C1c1ccc(C)cc1)C1CC1. The predicted octanol–water partition coefficient (Wildman–Crippen LogP) is 5.40. The molecule has 5 heteroatoms. The van der Waals surface area contributed by atoms with Crippen LogP contribution in [0.15, 0.2) is 66.9 Å². The molecule has 2 heterocycles. The summed E-state index contributed by atoms with van der Waals surface area (Å²) in [6, 6.07) is 20.5. The van der Waals surface area contributed by atoms with Crippen molar-refractivity contribution in [3.05, 3.63) is 83.7 Å². The number of anilines is 1. The van der Waals surface area contributed by atoms with Crippen LogP contribution in [-0.2, 0) is 9.59 Å². The standard InChI is InChI=1S/C28H31N3O2/c1-3-4-11-26(32)30(22-16-17-22)19-27(33)31-24-9-6-5-8-23(24)29-18-7-10-25(29)28(31)21-14-12-20(2)13-15-21/h5-10,12-15,18,22,28H,3-4,11,16-17,19H2,1-2H3. The number of carbonyl (C=O) groups excluding carboxylic acids is 2. The molecule has 0 saturated heterocycles. The zero-order valence-electron chi connectivity index (χ0n) is 19.4. The van der Waals surface area contributed by atoms with Gasteiger partial charge in [0.1, 0.15) is 12.6 Å². The number of nitrogens with zero attached hydrogens (tertiary/aromatic N) is 3. The highest BCUT2D eigenvalue weighted by atomic mass is 16.2. The number of carbonyl (C=O) groups is 2. The van der Waals surface area contributed by atoms with Gasteiger partial charge >= 0.3 is 0 Å². The third kappa shape index (κ3) is 4.08. The Morgan fingerprint density at radius 2 is 1.70 bits per heavy atom. The van der Waals surface area contributed by atoms with Crippen LogP contribution in [0, 0.1) is 6.92 Å². The van der Waals surface area contributed by atoms with Crippen molar-refractivity contribution >= 4 is 17.5 Å². The Morgan fingerprint density at radius 3 is 2.39 bits per heavy atom. The number of fused-ring (bicyclic) bond motifs is 3. The summed E-state index contributed by atoms with van der Waals surface area (Å²) in [6.07, 6.45) is 6.40. The van der Waals surface area contributed by atoms with E-state index in [0.717, 1.165) is 48.3 Å². The molecule has 1 unspecified atom stereocenters. The summed E-state index contributed by atoms with van der Waals surface area (Å²) in [6.45, 7) is 4.29. The molecule has 5 rings (SSSR count). The minimum Gasteiger partial charge on any atom is -0.330 e. The molecule has 0 spiro atoms. The van der Waals surface area contributed by atoms with Gasteiger partial charge in [0.05, 0.1) is 17.1 Å². The Labute approximate surface area is 195 Å². The number of amides is 2. The lowest BCUT2D eigenvalue weighted by molar-refractivity contribution is -0.136. The van der Waals surface area contributed by atoms with Crippen molar-refractivity contribution in [1.29, 1.82) is 0 Å². The van der Waals surface area contributed by atoms with E-state index in [0.29, 0.717) is 6.42 Å². The van der Waals surface area contributed by atoms with E-state index in [1.54, 1.807) is 0 Å². The van der Waals surface area contributed by atoms with Crippen molar-refractivity contribution < 1.29 is 9.59 Å². The molecule has 0 radical (unpaired) electrons. The van der Waals surface area contributed by atoms with Gasteiger partial charge in [0.25, 0.3) is 0 Å². The number of hydrogen-bond acceptors (Lipinski definition) is 2. The Kier molecular flexibility index (Phi) is 5.79. The molecule has 0 bridgehead atoms. The second-order valence-corrected chi connectivity index (χ2v) is 9.23. The minimum absolute atomic E-state index is 0.0303. The summed E-state index contributed by atoms with van der Waals surface area (Å²) >= 11 is 0. The highest BCUT2D eigenvalue weighted by Crippen LogP contribution is 2.42. The van der Waals surface area contributed by atoms with Crippen LogP contribution < -0.4 is 4.90 Å². The third-order valence-corrected chi connectivity index (χ3v) is 6.74. The number of aryl methyl sites for hydroxylation is 1. The molecule has 170 valence electrons. The first-order valence-electron chi connectivity index (χ1n) is 12.0. The van der Waals surface area contributed by atoms with Crippen LogP contribution in [0.25, 0.3) is 5.69 Å². The van der Waals surface area contributed by atoms with Gasteiger partial charge in [-0.2, -0.15) is 0 Å². The first-order valence-corrected chi connectivity index (χ1v) is 12.0. The van der Waals surface area contributed by atoms with E-state index in [9.17, 15) is 9.59 Å². The summed E-state index contributed by atoms with van der Waals surface area (Å²) in [5, 5.41) is 0. The monoisotopic (exact) mass is 441 g/mol. The average Bonchev–Trinajstić information content (AvgIpc) is 3.55. The van der Waals surface area contributed by atoms with Crippen LogP contribution in [-0.4, -0.2) is 33.9 Å². The van der Waals surface area contributed by atoms with Crippen molar-refractivity contribution in [2.75, 3.05) is 11.4 Å². The highest BCUT2D eigenvalue weighted by Gasteiger charge is 2.39. The first kappa shape index (κ1) is 21.5. The minimum atomic E-state index is -0.241. The molecule has 1 aromatic heterocycles. The highest BCUT2D eigenvalue weighted by molar-refractivity contribution is 6.00. The van der Waals surface area contributed by atoms with E-state index in [1.807, 2.05) is 34.1 Å². The van der Waals surface area contributed by atoms with Gasteiger partial charge in [-0.1, -0.05) is 55.3 Å². The molecular formula is C28H31N3O2. The van der Waals surface area contributed by atoms with E-state index >= 15 is 0 Å². The van der Waals surface area contributed by atoms with Crippen molar-refractivity contribution in [2.24, 2.45) is 0 Å². The predicted molar refractivity (Wildman–Crippen MR) is 131 cm³/mol. The van der Waals surface area contributed by atoms with Gasteiger partial charge in [-0.25, -0.2) is 0 Å². The molecule has 2 amide bonds. The first-order chi connectivity index (χ1) is 16.1. The van der Waals surface area contributed by atoms with Crippen LogP contribution in [0.3, 0.4) is 0 Å². The van der Waals surface area contributed by atoms with Gasteiger partial charge in [0.15, 0.2) is 0 Å². The molecule has 2 aromatic carbocycles. The Hall–Kier alpha value is -3.34. The normalized spacial score (nSPS) is 16.8. The zero-order valence-corrected chi connectivity index (χ0v) is 19.4. The van der Waals surface area contributed by atoms with E-state index < -0.39 is 0 Å². The maximum atomic E-state index is 14.0. The lowest BCUT2D eigenvalue weighted by Gasteiger charge is -2.39. The number of aromatic nitrogens is 1. The summed E-state index contributed by atoms with van der Waals surface area (Å²) in [5.74, 6) is 0.0745. The summed E-state index contributed by atoms with van der Waals surface area (Å²) < 4.78 is 2.18. The van der Waals surface area contributed by atoms with Crippen molar-refractivity contribution in [3.63, 3.8) is 0 Å². The van der Waals surface area contributed by atoms with Crippen LogP contribution in [0.5, 0.6) is 0 Å². The molecule has 5 nitrogen and oxygen atoms in total. The molecule has 1 aliphatic carbocycles. The molecular weight excluding hydrogens is 410 g/mol. The number of benzene rings is 2. The summed E-state index contributed by atoms with van der Waals surface area (Å²) in [7, 11) is 0. The maximum Gasteiger partial charge on any atom is 0.247 e. The molecule has 1 saturated carbocycles. The van der Waals surface area contributed by atoms with Crippen molar-refractivity contribution in [3.8, 4) is 5.69 Å². The van der Waals surface area contributed by atoms with Gasteiger partial charge in [-0.15, -0.1) is 0 Å². The fourth-order valence-corrected chi connectivity index (χ4v) is 4.83. The lowest BCUT2D eigenvalue weighted by Crippen LogP contribution is -2.47. The smallest absolute Gasteiger partial charge is 0.247 e. The van der Waals surface area contributed by atoms with Crippen LogP contribution in [0.2, 0.25) is 0 Å². The molecule has 2 aliphatic rings. The number of rotatable bonds is 7. The average molecular weight is 442 g/mol. The van der Waals surface area contributed by atoms with Gasteiger partial charge in [0.2, 0.25) is 11.8 Å². The zero-order chi connectivity index (χ0) is 22.9. The summed E-state index contributed by atoms with van der Waals surface area (Å²) in [5.41, 5.74) is 5.18. The fourth-order valence-electron chi connectivity index (χ4n) is 4.83. The second-order valence-electron chi connectivity index (χ2n) is 9.23. The Morgan fingerprint density at radius 1 is 0.970 bits per heavy atom. The van der Waals surface area contributed by atoms with Gasteiger partial charge in [-0.05, 0) is 56.0 Å². The van der Waals surface area contributed by atoms with E-state index in [1.165, 1.54) is 5.56 Å². The van der Waals surface area contributed by atoms with Crippen LogP contribution in [0.4, 0.5) is 5.69 Å². The lowest BCUT2D eigenvalue weighted by atomic mass is 9.97. The Balaban J connectivity index is 1.55. The number of para-hydroxylation sites is 2. The van der Waals surface area contributed by atoms with Crippen molar-refractivity contribution in [2.45, 2.75) is 58.0 Å². The van der Waals surface area contributed by atoms with Crippen LogP contribution >= 0.6 is 0 Å². The largest absolute Gasteiger partial charge is 0.330 e. The second kappa shape index (κ2) is 8.89. The van der Waals surface area contributed by atoms with E-state index in [-0.39, 0.29) is 30.4 Å². The van der Waals surface area contributed by atoms with Gasteiger partial charge < -0.3 is 9.47 Å². The third-order valence-electron chi connectivity index (χ3n) is 6.74.